The van der Waals surface area contributed by atoms with E-state index in [1.165, 1.54) is 22.0 Å². The van der Waals surface area contributed by atoms with E-state index in [9.17, 15) is 23.3 Å². The van der Waals surface area contributed by atoms with Gasteiger partial charge in [0.25, 0.3) is 5.69 Å². The number of nitro groups is 1. The van der Waals surface area contributed by atoms with Crippen molar-refractivity contribution >= 4 is 21.6 Å². The predicted octanol–water partition coefficient (Wildman–Crippen LogP) is 4.18. The summed E-state index contributed by atoms with van der Waals surface area (Å²) in [7, 11) is -3.88. The second-order valence-corrected chi connectivity index (χ2v) is 11.7. The number of carbonyl (C=O) groups excluding carboxylic acids is 1. The van der Waals surface area contributed by atoms with Crippen LogP contribution in [-0.2, 0) is 20.2 Å². The summed E-state index contributed by atoms with van der Waals surface area (Å²) in [6, 6.07) is 14.0. The molecule has 0 aromatic heterocycles. The zero-order valence-corrected chi connectivity index (χ0v) is 21.0. The van der Waals surface area contributed by atoms with Gasteiger partial charge in [0, 0.05) is 37.2 Å². The molecule has 2 aromatic rings. The lowest BCUT2D eigenvalue weighted by molar-refractivity contribution is -0.385. The van der Waals surface area contributed by atoms with Crippen LogP contribution in [0.1, 0.15) is 51.2 Å². The van der Waals surface area contributed by atoms with Gasteiger partial charge in [0.1, 0.15) is 0 Å². The van der Waals surface area contributed by atoms with E-state index in [0.29, 0.717) is 18.4 Å². The number of aryl methyl sites for hydroxylation is 1. The summed E-state index contributed by atoms with van der Waals surface area (Å²) < 4.78 is 27.6. The van der Waals surface area contributed by atoms with Gasteiger partial charge >= 0.3 is 0 Å². The van der Waals surface area contributed by atoms with Gasteiger partial charge in [-0.15, -0.1) is 0 Å². The van der Waals surface area contributed by atoms with Gasteiger partial charge in [-0.05, 0) is 49.7 Å². The van der Waals surface area contributed by atoms with Gasteiger partial charge in [0.05, 0.1) is 9.82 Å². The number of amides is 1. The molecule has 1 heterocycles. The van der Waals surface area contributed by atoms with E-state index in [2.05, 4.69) is 31.3 Å². The Morgan fingerprint density at radius 1 is 1.18 bits per heavy atom. The van der Waals surface area contributed by atoms with Crippen molar-refractivity contribution in [1.29, 1.82) is 0 Å². The molecule has 3 rings (SSSR count). The number of nitrogens with one attached hydrogen (secondary N) is 1. The minimum Gasteiger partial charge on any atom is -0.353 e. The molecule has 1 saturated heterocycles. The second kappa shape index (κ2) is 10.2. The average molecular weight is 488 g/mol. The Morgan fingerprint density at radius 2 is 1.79 bits per heavy atom. The standard InChI is InChI=1S/C25H33N3O5S/c1-18-10-11-22(28(30)31)16-23(18)34(32,33)27-14-12-20(13-15-27)24(29)26-19(2)17-25(3,4)21-8-6-5-7-9-21/h5-11,16,19-20H,12-15,17H2,1-4H3,(H,26,29). The summed E-state index contributed by atoms with van der Waals surface area (Å²) >= 11 is 0. The smallest absolute Gasteiger partial charge is 0.270 e. The molecule has 1 unspecified atom stereocenters. The largest absolute Gasteiger partial charge is 0.353 e. The maximum absolute atomic E-state index is 13.1. The predicted molar refractivity (Wildman–Crippen MR) is 131 cm³/mol. The Morgan fingerprint density at radius 3 is 2.38 bits per heavy atom. The molecule has 0 aliphatic carbocycles. The third-order valence-electron chi connectivity index (χ3n) is 6.59. The molecule has 1 aliphatic heterocycles. The topological polar surface area (TPSA) is 110 Å². The van der Waals surface area contributed by atoms with Gasteiger partial charge in [-0.25, -0.2) is 8.42 Å². The highest BCUT2D eigenvalue weighted by Crippen LogP contribution is 2.30. The van der Waals surface area contributed by atoms with Crippen LogP contribution < -0.4 is 5.32 Å². The monoisotopic (exact) mass is 487 g/mol. The fourth-order valence-corrected chi connectivity index (χ4v) is 6.38. The van der Waals surface area contributed by atoms with Crippen LogP contribution in [0.5, 0.6) is 0 Å². The highest BCUT2D eigenvalue weighted by Gasteiger charge is 2.34. The van der Waals surface area contributed by atoms with Gasteiger partial charge in [-0.3, -0.25) is 14.9 Å². The minimum atomic E-state index is -3.88. The maximum Gasteiger partial charge on any atom is 0.270 e. The number of hydrogen-bond acceptors (Lipinski definition) is 5. The SMILES string of the molecule is Cc1ccc([N+](=O)[O-])cc1S(=O)(=O)N1CCC(C(=O)NC(C)CC(C)(C)c2ccccc2)CC1. The lowest BCUT2D eigenvalue weighted by Gasteiger charge is -2.33. The van der Waals surface area contributed by atoms with E-state index in [4.69, 9.17) is 0 Å². The third-order valence-corrected chi connectivity index (χ3v) is 8.63. The van der Waals surface area contributed by atoms with Gasteiger partial charge < -0.3 is 5.32 Å². The van der Waals surface area contributed by atoms with Gasteiger partial charge in [0.15, 0.2) is 0 Å². The first kappa shape index (κ1) is 25.8. The number of nitro benzene ring substituents is 1. The number of piperidine rings is 1. The minimum absolute atomic E-state index is 0.0306. The van der Waals surface area contributed by atoms with Crippen LogP contribution in [-0.4, -0.2) is 42.7 Å². The summed E-state index contributed by atoms with van der Waals surface area (Å²) in [5, 5.41) is 14.2. The van der Waals surface area contributed by atoms with Gasteiger partial charge in [0.2, 0.25) is 15.9 Å². The van der Waals surface area contributed by atoms with E-state index in [1.54, 1.807) is 6.92 Å². The second-order valence-electron chi connectivity index (χ2n) is 9.75. The molecule has 0 radical (unpaired) electrons. The van der Waals surface area contributed by atoms with E-state index in [0.717, 1.165) is 12.5 Å². The Balaban J connectivity index is 1.59. The zero-order chi connectivity index (χ0) is 25.1. The van der Waals surface area contributed by atoms with Crippen LogP contribution in [0.15, 0.2) is 53.4 Å². The first-order valence-corrected chi connectivity index (χ1v) is 13.0. The van der Waals surface area contributed by atoms with Crippen molar-refractivity contribution in [1.82, 2.24) is 9.62 Å². The van der Waals surface area contributed by atoms with Crippen molar-refractivity contribution < 1.29 is 18.1 Å². The molecule has 1 N–H and O–H groups in total. The van der Waals surface area contributed by atoms with Gasteiger partial charge in [-0.2, -0.15) is 4.31 Å². The first-order chi connectivity index (χ1) is 15.9. The van der Waals surface area contributed by atoms with Crippen LogP contribution in [0.25, 0.3) is 0 Å². The number of benzene rings is 2. The molecule has 1 amide bonds. The van der Waals surface area contributed by atoms with Crippen LogP contribution in [0, 0.1) is 23.0 Å². The van der Waals surface area contributed by atoms with Crippen LogP contribution >= 0.6 is 0 Å². The fraction of sp³-hybridized carbons (Fsp3) is 0.480. The fourth-order valence-electron chi connectivity index (χ4n) is 4.66. The molecule has 0 spiro atoms. The molecular formula is C25H33N3O5S. The van der Waals surface area contributed by atoms with Crippen molar-refractivity contribution in [2.45, 2.75) is 63.3 Å². The first-order valence-electron chi connectivity index (χ1n) is 11.5. The van der Waals surface area contributed by atoms with Crippen LogP contribution in [0.4, 0.5) is 5.69 Å². The van der Waals surface area contributed by atoms with Crippen LogP contribution in [0.3, 0.4) is 0 Å². The molecule has 34 heavy (non-hydrogen) atoms. The summed E-state index contributed by atoms with van der Waals surface area (Å²) in [5.41, 5.74) is 1.32. The lowest BCUT2D eigenvalue weighted by atomic mass is 9.79. The van der Waals surface area contributed by atoms with E-state index < -0.39 is 14.9 Å². The summed E-state index contributed by atoms with van der Waals surface area (Å²) in [6.07, 6.45) is 1.60. The summed E-state index contributed by atoms with van der Waals surface area (Å²) in [4.78, 5) is 23.3. The molecular weight excluding hydrogens is 454 g/mol. The average Bonchev–Trinajstić information content (AvgIpc) is 2.79. The number of hydrogen-bond donors (Lipinski definition) is 1. The molecule has 1 aliphatic rings. The van der Waals surface area contributed by atoms with Crippen molar-refractivity contribution in [3.63, 3.8) is 0 Å². The van der Waals surface area contributed by atoms with E-state index >= 15 is 0 Å². The number of sulfonamides is 1. The Kier molecular flexibility index (Phi) is 7.77. The third kappa shape index (κ3) is 5.82. The molecule has 1 atom stereocenters. The zero-order valence-electron chi connectivity index (χ0n) is 20.2. The molecule has 0 saturated carbocycles. The lowest BCUT2D eigenvalue weighted by Crippen LogP contribution is -2.45. The Labute approximate surface area is 201 Å². The highest BCUT2D eigenvalue weighted by atomic mass is 32.2. The number of non-ortho nitro benzene ring substituents is 1. The quantitative estimate of drug-likeness (QED) is 0.444. The molecule has 2 aromatic carbocycles. The molecule has 8 nitrogen and oxygen atoms in total. The molecule has 184 valence electrons. The van der Waals surface area contributed by atoms with Crippen LogP contribution in [0.2, 0.25) is 0 Å². The van der Waals surface area contributed by atoms with E-state index in [1.807, 2.05) is 25.1 Å². The van der Waals surface area contributed by atoms with Crippen molar-refractivity contribution in [2.24, 2.45) is 5.92 Å². The maximum atomic E-state index is 13.1. The number of rotatable bonds is 8. The van der Waals surface area contributed by atoms with Crippen molar-refractivity contribution in [3.8, 4) is 0 Å². The van der Waals surface area contributed by atoms with E-state index in [-0.39, 0.29) is 47.0 Å². The van der Waals surface area contributed by atoms with Crippen molar-refractivity contribution in [2.75, 3.05) is 13.1 Å². The van der Waals surface area contributed by atoms with Gasteiger partial charge in [-0.1, -0.05) is 50.2 Å². The van der Waals surface area contributed by atoms with Crippen molar-refractivity contribution in [3.05, 3.63) is 69.8 Å². The molecule has 1 fully saturated rings. The summed E-state index contributed by atoms with van der Waals surface area (Å²) in [6.45, 7) is 8.33. The number of nitrogens with zero attached hydrogens (tertiary/aromatic N) is 2. The highest BCUT2D eigenvalue weighted by molar-refractivity contribution is 7.89. The Bertz CT molecular complexity index is 1140. The Hall–Kier alpha value is -2.78. The normalized spacial score (nSPS) is 16.7. The molecule has 9 heteroatoms. The molecule has 0 bridgehead atoms. The summed E-state index contributed by atoms with van der Waals surface area (Å²) in [5.74, 6) is -0.320. The number of carbonyl (C=O) groups is 1.